The molecule has 0 radical (unpaired) electrons. The minimum absolute atomic E-state index is 0.504. The van der Waals surface area contributed by atoms with E-state index in [0.717, 1.165) is 38.5 Å². The Kier molecular flexibility index (Phi) is 4.57. The Morgan fingerprint density at radius 2 is 2.53 bits per heavy atom. The molecular weight excluding hydrogens is 214 g/mol. The smallest absolute Gasteiger partial charge is 0.122 e. The molecule has 1 aliphatic rings. The summed E-state index contributed by atoms with van der Waals surface area (Å²) in [6, 6.07) is 0.504. The van der Waals surface area contributed by atoms with Crippen LogP contribution in [0.2, 0.25) is 0 Å². The molecule has 2 atom stereocenters. The van der Waals surface area contributed by atoms with Crippen molar-refractivity contribution in [2.45, 2.75) is 45.8 Å². The highest BCUT2D eigenvalue weighted by molar-refractivity contribution is 4.92. The SMILES string of the molecule is CCCn1ccnc1CNC(C)C1CCOC1. The summed E-state index contributed by atoms with van der Waals surface area (Å²) in [7, 11) is 0. The lowest BCUT2D eigenvalue weighted by Gasteiger charge is -2.19. The van der Waals surface area contributed by atoms with Crippen molar-refractivity contribution < 1.29 is 4.74 Å². The fourth-order valence-corrected chi connectivity index (χ4v) is 2.32. The van der Waals surface area contributed by atoms with Crippen LogP contribution in [0.15, 0.2) is 12.4 Å². The van der Waals surface area contributed by atoms with E-state index in [1.54, 1.807) is 0 Å². The van der Waals surface area contributed by atoms with Gasteiger partial charge in [0, 0.05) is 31.6 Å². The number of imidazole rings is 1. The Hall–Kier alpha value is -0.870. The van der Waals surface area contributed by atoms with E-state index < -0.39 is 0 Å². The highest BCUT2D eigenvalue weighted by Crippen LogP contribution is 2.16. The van der Waals surface area contributed by atoms with Gasteiger partial charge < -0.3 is 14.6 Å². The standard InChI is InChI=1S/C13H23N3O/c1-3-6-16-7-5-14-13(16)9-15-11(2)12-4-8-17-10-12/h5,7,11-12,15H,3-4,6,8-10H2,1-2H3. The van der Waals surface area contributed by atoms with E-state index >= 15 is 0 Å². The molecule has 4 nitrogen and oxygen atoms in total. The molecule has 17 heavy (non-hydrogen) atoms. The molecule has 0 bridgehead atoms. The van der Waals surface area contributed by atoms with Crippen molar-refractivity contribution in [3.63, 3.8) is 0 Å². The molecule has 2 unspecified atom stereocenters. The Labute approximate surface area is 103 Å². The number of hydrogen-bond donors (Lipinski definition) is 1. The van der Waals surface area contributed by atoms with Crippen LogP contribution >= 0.6 is 0 Å². The van der Waals surface area contributed by atoms with Crippen molar-refractivity contribution >= 4 is 0 Å². The van der Waals surface area contributed by atoms with E-state index in [-0.39, 0.29) is 0 Å². The van der Waals surface area contributed by atoms with Crippen LogP contribution in [0.1, 0.15) is 32.5 Å². The number of aromatic nitrogens is 2. The van der Waals surface area contributed by atoms with Gasteiger partial charge in [-0.15, -0.1) is 0 Å². The number of aryl methyl sites for hydroxylation is 1. The molecule has 1 saturated heterocycles. The van der Waals surface area contributed by atoms with Crippen LogP contribution < -0.4 is 5.32 Å². The molecule has 1 N–H and O–H groups in total. The second kappa shape index (κ2) is 6.17. The summed E-state index contributed by atoms with van der Waals surface area (Å²) in [5.41, 5.74) is 0. The van der Waals surface area contributed by atoms with Gasteiger partial charge in [0.2, 0.25) is 0 Å². The number of ether oxygens (including phenoxy) is 1. The first-order valence-electron chi connectivity index (χ1n) is 6.62. The van der Waals surface area contributed by atoms with Gasteiger partial charge in [-0.3, -0.25) is 0 Å². The highest BCUT2D eigenvalue weighted by atomic mass is 16.5. The zero-order chi connectivity index (χ0) is 12.1. The summed E-state index contributed by atoms with van der Waals surface area (Å²) in [6.07, 6.45) is 6.27. The van der Waals surface area contributed by atoms with Gasteiger partial charge in [0.25, 0.3) is 0 Å². The zero-order valence-electron chi connectivity index (χ0n) is 10.9. The van der Waals surface area contributed by atoms with Crippen LogP contribution in [0, 0.1) is 5.92 Å². The molecule has 0 amide bonds. The van der Waals surface area contributed by atoms with Gasteiger partial charge >= 0.3 is 0 Å². The summed E-state index contributed by atoms with van der Waals surface area (Å²) in [6.45, 7) is 8.16. The number of rotatable bonds is 6. The molecule has 96 valence electrons. The van der Waals surface area contributed by atoms with E-state index in [1.807, 2.05) is 6.20 Å². The summed E-state index contributed by atoms with van der Waals surface area (Å²) in [4.78, 5) is 4.40. The van der Waals surface area contributed by atoms with Crippen molar-refractivity contribution in [1.29, 1.82) is 0 Å². The summed E-state index contributed by atoms with van der Waals surface area (Å²) < 4.78 is 7.64. The molecule has 1 aromatic heterocycles. The maximum Gasteiger partial charge on any atom is 0.122 e. The Morgan fingerprint density at radius 1 is 1.65 bits per heavy atom. The quantitative estimate of drug-likeness (QED) is 0.820. The first-order valence-corrected chi connectivity index (χ1v) is 6.62. The van der Waals surface area contributed by atoms with E-state index in [0.29, 0.717) is 12.0 Å². The van der Waals surface area contributed by atoms with Crippen LogP contribution in [0.25, 0.3) is 0 Å². The predicted molar refractivity (Wildman–Crippen MR) is 67.7 cm³/mol. The van der Waals surface area contributed by atoms with E-state index in [1.165, 1.54) is 6.42 Å². The Bertz CT molecular complexity index is 331. The zero-order valence-corrected chi connectivity index (χ0v) is 10.9. The second-order valence-corrected chi connectivity index (χ2v) is 4.83. The number of nitrogens with zero attached hydrogens (tertiary/aromatic N) is 2. The number of hydrogen-bond acceptors (Lipinski definition) is 3. The maximum absolute atomic E-state index is 5.42. The molecular formula is C13H23N3O. The summed E-state index contributed by atoms with van der Waals surface area (Å²) in [5.74, 6) is 1.79. The molecule has 1 fully saturated rings. The lowest BCUT2D eigenvalue weighted by Crippen LogP contribution is -2.34. The minimum atomic E-state index is 0.504. The third-order valence-electron chi connectivity index (χ3n) is 3.52. The van der Waals surface area contributed by atoms with E-state index in [2.05, 4.69) is 34.9 Å². The van der Waals surface area contributed by atoms with Gasteiger partial charge in [-0.05, 0) is 25.7 Å². The van der Waals surface area contributed by atoms with E-state index in [9.17, 15) is 0 Å². The van der Waals surface area contributed by atoms with Crippen LogP contribution in [-0.2, 0) is 17.8 Å². The van der Waals surface area contributed by atoms with Gasteiger partial charge in [-0.25, -0.2) is 4.98 Å². The highest BCUT2D eigenvalue weighted by Gasteiger charge is 2.21. The van der Waals surface area contributed by atoms with E-state index in [4.69, 9.17) is 4.74 Å². The maximum atomic E-state index is 5.42. The van der Waals surface area contributed by atoms with Crippen LogP contribution in [-0.4, -0.2) is 28.8 Å². The minimum Gasteiger partial charge on any atom is -0.381 e. The Balaban J connectivity index is 1.81. The van der Waals surface area contributed by atoms with Crippen molar-refractivity contribution in [3.8, 4) is 0 Å². The number of nitrogens with one attached hydrogen (secondary N) is 1. The summed E-state index contributed by atoms with van der Waals surface area (Å²) >= 11 is 0. The molecule has 4 heteroatoms. The van der Waals surface area contributed by atoms with Crippen molar-refractivity contribution in [1.82, 2.24) is 14.9 Å². The summed E-state index contributed by atoms with van der Waals surface area (Å²) in [5, 5.41) is 3.56. The average molecular weight is 237 g/mol. The first-order chi connectivity index (χ1) is 8.31. The molecule has 1 aromatic rings. The molecule has 0 aromatic carbocycles. The molecule has 0 saturated carbocycles. The van der Waals surface area contributed by atoms with Crippen molar-refractivity contribution in [2.24, 2.45) is 5.92 Å². The van der Waals surface area contributed by atoms with Crippen LogP contribution in [0.3, 0.4) is 0 Å². The van der Waals surface area contributed by atoms with Gasteiger partial charge in [-0.1, -0.05) is 6.92 Å². The second-order valence-electron chi connectivity index (χ2n) is 4.83. The molecule has 2 heterocycles. The lowest BCUT2D eigenvalue weighted by molar-refractivity contribution is 0.178. The topological polar surface area (TPSA) is 39.1 Å². The van der Waals surface area contributed by atoms with Gasteiger partial charge in [0.1, 0.15) is 5.82 Å². The van der Waals surface area contributed by atoms with Gasteiger partial charge in [0.05, 0.1) is 13.2 Å². The fraction of sp³-hybridized carbons (Fsp3) is 0.769. The fourth-order valence-electron chi connectivity index (χ4n) is 2.32. The van der Waals surface area contributed by atoms with Crippen molar-refractivity contribution in [2.75, 3.05) is 13.2 Å². The van der Waals surface area contributed by atoms with Crippen molar-refractivity contribution in [3.05, 3.63) is 18.2 Å². The molecule has 1 aliphatic heterocycles. The third-order valence-corrected chi connectivity index (χ3v) is 3.52. The van der Waals surface area contributed by atoms with Gasteiger partial charge in [-0.2, -0.15) is 0 Å². The Morgan fingerprint density at radius 3 is 3.24 bits per heavy atom. The molecule has 2 rings (SSSR count). The average Bonchev–Trinajstić information content (AvgIpc) is 2.97. The van der Waals surface area contributed by atoms with Gasteiger partial charge in [0.15, 0.2) is 0 Å². The predicted octanol–water partition coefficient (Wildman–Crippen LogP) is 1.81. The molecule has 0 spiro atoms. The normalized spacial score (nSPS) is 21.9. The molecule has 0 aliphatic carbocycles. The lowest BCUT2D eigenvalue weighted by atomic mass is 10.0. The van der Waals surface area contributed by atoms with Crippen LogP contribution in [0.5, 0.6) is 0 Å². The largest absolute Gasteiger partial charge is 0.381 e. The first kappa shape index (κ1) is 12.6. The monoisotopic (exact) mass is 237 g/mol. The van der Waals surface area contributed by atoms with Crippen LogP contribution in [0.4, 0.5) is 0 Å². The third kappa shape index (κ3) is 3.30.